The van der Waals surface area contributed by atoms with Gasteiger partial charge >= 0.3 is 0 Å². The van der Waals surface area contributed by atoms with Crippen molar-refractivity contribution in [3.8, 4) is 0 Å². The molecule has 1 fully saturated rings. The molecule has 0 bridgehead atoms. The fraction of sp³-hybridized carbons (Fsp3) is 0.269. The SMILES string of the molecule is CC(=O)Nc1ccc(N2CCN(C)CC2)cc1NC(c1ccccc1)c1ccccc1. The number of rotatable bonds is 6. The number of carbonyl (C=O) groups is 1. The lowest BCUT2D eigenvalue weighted by molar-refractivity contribution is -0.114. The Hall–Kier alpha value is -3.31. The number of amides is 1. The second-order valence-corrected chi connectivity index (χ2v) is 8.10. The van der Waals surface area contributed by atoms with Crippen LogP contribution in [0.1, 0.15) is 24.1 Å². The van der Waals surface area contributed by atoms with Crippen LogP contribution in [-0.2, 0) is 4.79 Å². The molecule has 4 rings (SSSR count). The van der Waals surface area contributed by atoms with Crippen LogP contribution in [0.25, 0.3) is 0 Å². The van der Waals surface area contributed by atoms with Crippen LogP contribution in [0.2, 0.25) is 0 Å². The Labute approximate surface area is 184 Å². The second-order valence-electron chi connectivity index (χ2n) is 8.10. The molecule has 3 aromatic rings. The van der Waals surface area contributed by atoms with E-state index in [4.69, 9.17) is 0 Å². The summed E-state index contributed by atoms with van der Waals surface area (Å²) in [6.07, 6.45) is 0. The molecule has 2 N–H and O–H groups in total. The summed E-state index contributed by atoms with van der Waals surface area (Å²) in [6, 6.07) is 27.1. The Balaban J connectivity index is 1.70. The highest BCUT2D eigenvalue weighted by molar-refractivity contribution is 5.93. The maximum atomic E-state index is 11.9. The van der Waals surface area contributed by atoms with Crippen LogP contribution in [0.3, 0.4) is 0 Å². The summed E-state index contributed by atoms with van der Waals surface area (Å²) < 4.78 is 0. The zero-order chi connectivity index (χ0) is 21.6. The van der Waals surface area contributed by atoms with Gasteiger partial charge in [-0.3, -0.25) is 4.79 Å². The van der Waals surface area contributed by atoms with Crippen molar-refractivity contribution in [3.63, 3.8) is 0 Å². The zero-order valence-corrected chi connectivity index (χ0v) is 18.2. The molecule has 3 aromatic carbocycles. The molecule has 0 spiro atoms. The number of hydrogen-bond donors (Lipinski definition) is 2. The Bertz CT molecular complexity index is 959. The van der Waals surface area contributed by atoms with Gasteiger partial charge in [-0.25, -0.2) is 0 Å². The maximum Gasteiger partial charge on any atom is 0.221 e. The third-order valence-corrected chi connectivity index (χ3v) is 5.75. The molecule has 1 heterocycles. The van der Waals surface area contributed by atoms with Gasteiger partial charge in [0.2, 0.25) is 5.91 Å². The molecule has 0 saturated carbocycles. The summed E-state index contributed by atoms with van der Waals surface area (Å²) in [5, 5.41) is 6.71. The molecule has 1 amide bonds. The van der Waals surface area contributed by atoms with Crippen molar-refractivity contribution in [2.75, 3.05) is 48.8 Å². The van der Waals surface area contributed by atoms with Crippen LogP contribution in [0.15, 0.2) is 78.9 Å². The lowest BCUT2D eigenvalue weighted by Gasteiger charge is -2.34. The van der Waals surface area contributed by atoms with Crippen LogP contribution >= 0.6 is 0 Å². The summed E-state index contributed by atoms with van der Waals surface area (Å²) in [6.45, 7) is 5.64. The highest BCUT2D eigenvalue weighted by Crippen LogP contribution is 2.34. The molecule has 1 saturated heterocycles. The van der Waals surface area contributed by atoms with Crippen molar-refractivity contribution in [2.45, 2.75) is 13.0 Å². The van der Waals surface area contributed by atoms with Gasteiger partial charge in [0, 0.05) is 38.8 Å². The topological polar surface area (TPSA) is 47.6 Å². The largest absolute Gasteiger partial charge is 0.372 e. The summed E-state index contributed by atoms with van der Waals surface area (Å²) >= 11 is 0. The normalized spacial score (nSPS) is 14.5. The third kappa shape index (κ3) is 5.25. The van der Waals surface area contributed by atoms with Crippen LogP contribution < -0.4 is 15.5 Å². The van der Waals surface area contributed by atoms with E-state index in [-0.39, 0.29) is 11.9 Å². The summed E-state index contributed by atoms with van der Waals surface area (Å²) in [5.74, 6) is -0.0774. The van der Waals surface area contributed by atoms with Gasteiger partial charge in [-0.2, -0.15) is 0 Å². The highest BCUT2D eigenvalue weighted by atomic mass is 16.1. The van der Waals surface area contributed by atoms with Gasteiger partial charge in [0.15, 0.2) is 0 Å². The lowest BCUT2D eigenvalue weighted by atomic mass is 9.98. The van der Waals surface area contributed by atoms with Gasteiger partial charge in [0.1, 0.15) is 0 Å². The Morgan fingerprint density at radius 2 is 1.39 bits per heavy atom. The Kier molecular flexibility index (Phi) is 6.53. The minimum atomic E-state index is -0.0774. The molecule has 5 nitrogen and oxygen atoms in total. The van der Waals surface area contributed by atoms with E-state index in [1.54, 1.807) is 6.92 Å². The number of nitrogens with one attached hydrogen (secondary N) is 2. The first-order chi connectivity index (χ1) is 15.1. The first-order valence-electron chi connectivity index (χ1n) is 10.8. The molecular weight excluding hydrogens is 384 g/mol. The number of nitrogens with zero attached hydrogens (tertiary/aromatic N) is 2. The van der Waals surface area contributed by atoms with Crippen LogP contribution in [0, 0.1) is 0 Å². The van der Waals surface area contributed by atoms with E-state index >= 15 is 0 Å². The molecule has 0 aromatic heterocycles. The van der Waals surface area contributed by atoms with E-state index in [0.717, 1.165) is 37.6 Å². The van der Waals surface area contributed by atoms with E-state index in [0.29, 0.717) is 0 Å². The summed E-state index contributed by atoms with van der Waals surface area (Å²) in [4.78, 5) is 16.6. The molecular formula is C26H30N4O. The van der Waals surface area contributed by atoms with Crippen molar-refractivity contribution < 1.29 is 4.79 Å². The summed E-state index contributed by atoms with van der Waals surface area (Å²) in [7, 11) is 2.16. The predicted octanol–water partition coefficient (Wildman–Crippen LogP) is 4.60. The average molecular weight is 415 g/mol. The molecule has 0 aliphatic carbocycles. The average Bonchev–Trinajstić information content (AvgIpc) is 2.80. The molecule has 31 heavy (non-hydrogen) atoms. The van der Waals surface area contributed by atoms with Gasteiger partial charge in [-0.1, -0.05) is 60.7 Å². The van der Waals surface area contributed by atoms with Gasteiger partial charge < -0.3 is 20.4 Å². The fourth-order valence-corrected chi connectivity index (χ4v) is 4.02. The number of hydrogen-bond acceptors (Lipinski definition) is 4. The zero-order valence-electron chi connectivity index (χ0n) is 18.2. The molecule has 0 atom stereocenters. The second kappa shape index (κ2) is 9.67. The van der Waals surface area contributed by atoms with Gasteiger partial charge in [0.05, 0.1) is 17.4 Å². The molecule has 160 valence electrons. The van der Waals surface area contributed by atoms with Crippen molar-refractivity contribution >= 4 is 23.0 Å². The number of piperazine rings is 1. The van der Waals surface area contributed by atoms with Gasteiger partial charge in [-0.05, 0) is 36.4 Å². The highest BCUT2D eigenvalue weighted by Gasteiger charge is 2.19. The predicted molar refractivity (Wildman–Crippen MR) is 129 cm³/mol. The maximum absolute atomic E-state index is 11.9. The smallest absolute Gasteiger partial charge is 0.221 e. The number of benzene rings is 3. The Morgan fingerprint density at radius 1 is 0.806 bits per heavy atom. The summed E-state index contributed by atoms with van der Waals surface area (Å²) in [5.41, 5.74) is 5.23. The van der Waals surface area contributed by atoms with Crippen LogP contribution in [0.5, 0.6) is 0 Å². The van der Waals surface area contributed by atoms with Crippen LogP contribution in [0.4, 0.5) is 17.1 Å². The quantitative estimate of drug-likeness (QED) is 0.619. The van der Waals surface area contributed by atoms with Gasteiger partial charge in [0.25, 0.3) is 0 Å². The minimum absolute atomic E-state index is 0.0300. The third-order valence-electron chi connectivity index (χ3n) is 5.75. The van der Waals surface area contributed by atoms with Crippen molar-refractivity contribution in [3.05, 3.63) is 90.0 Å². The lowest BCUT2D eigenvalue weighted by Crippen LogP contribution is -2.44. The monoisotopic (exact) mass is 414 g/mol. The molecule has 1 aliphatic rings. The minimum Gasteiger partial charge on any atom is -0.372 e. The van der Waals surface area contributed by atoms with Crippen LogP contribution in [-0.4, -0.2) is 44.0 Å². The van der Waals surface area contributed by atoms with E-state index in [9.17, 15) is 4.79 Å². The van der Waals surface area contributed by atoms with Crippen molar-refractivity contribution in [1.29, 1.82) is 0 Å². The standard InChI is InChI=1S/C26H30N4O/c1-20(31)27-24-14-13-23(30-17-15-29(2)16-18-30)19-25(24)28-26(21-9-5-3-6-10-21)22-11-7-4-8-12-22/h3-14,19,26,28H,15-18H2,1-2H3,(H,27,31). The Morgan fingerprint density at radius 3 is 1.94 bits per heavy atom. The number of likely N-dealkylation sites (N-methyl/N-ethyl adjacent to an activating group) is 1. The molecule has 0 radical (unpaired) electrons. The molecule has 5 heteroatoms. The van der Waals surface area contributed by atoms with E-state index in [2.05, 4.69) is 88.1 Å². The molecule has 0 unspecified atom stereocenters. The first-order valence-corrected chi connectivity index (χ1v) is 10.8. The first kappa shape index (κ1) is 20.9. The number of carbonyl (C=O) groups excluding carboxylic acids is 1. The van der Waals surface area contributed by atoms with Gasteiger partial charge in [-0.15, -0.1) is 0 Å². The van der Waals surface area contributed by atoms with Crippen molar-refractivity contribution in [1.82, 2.24) is 4.90 Å². The van der Waals surface area contributed by atoms with E-state index < -0.39 is 0 Å². The van der Waals surface area contributed by atoms with E-state index in [1.807, 2.05) is 18.2 Å². The molecule has 1 aliphatic heterocycles. The van der Waals surface area contributed by atoms with Crippen molar-refractivity contribution in [2.24, 2.45) is 0 Å². The van der Waals surface area contributed by atoms with E-state index in [1.165, 1.54) is 16.8 Å². The number of anilines is 3. The fourth-order valence-electron chi connectivity index (χ4n) is 4.02.